The predicted molar refractivity (Wildman–Crippen MR) is 106 cm³/mol. The van der Waals surface area contributed by atoms with Crippen LogP contribution in [0.3, 0.4) is 0 Å². The van der Waals surface area contributed by atoms with Crippen molar-refractivity contribution < 1.29 is 14.3 Å². The number of carbonyl (C=O) groups is 2. The van der Waals surface area contributed by atoms with Crippen LogP contribution in [0.5, 0.6) is 0 Å². The molecule has 1 saturated carbocycles. The van der Waals surface area contributed by atoms with Crippen LogP contribution in [0.1, 0.15) is 52.0 Å². The normalized spacial score (nSPS) is 20.3. The molecular weight excluding hydrogens is 364 g/mol. The van der Waals surface area contributed by atoms with Crippen molar-refractivity contribution in [2.75, 3.05) is 13.1 Å². The molecule has 27 heavy (non-hydrogen) atoms. The highest BCUT2D eigenvalue weighted by Gasteiger charge is 2.38. The van der Waals surface area contributed by atoms with Gasteiger partial charge in [-0.25, -0.2) is 4.79 Å². The fourth-order valence-electron chi connectivity index (χ4n) is 3.47. The van der Waals surface area contributed by atoms with Crippen LogP contribution in [-0.2, 0) is 16.1 Å². The van der Waals surface area contributed by atoms with E-state index in [1.54, 1.807) is 4.90 Å². The van der Waals surface area contributed by atoms with E-state index in [0.717, 1.165) is 31.2 Å². The molecule has 0 spiro atoms. The second kappa shape index (κ2) is 8.09. The Kier molecular flexibility index (Phi) is 5.99. The summed E-state index contributed by atoms with van der Waals surface area (Å²) < 4.78 is 5.48. The Morgan fingerprint density at radius 1 is 1.19 bits per heavy atom. The highest BCUT2D eigenvalue weighted by Crippen LogP contribution is 2.32. The highest BCUT2D eigenvalue weighted by atomic mass is 35.5. The minimum atomic E-state index is -0.525. The Balaban J connectivity index is 1.65. The molecule has 6 heteroatoms. The van der Waals surface area contributed by atoms with E-state index in [1.807, 2.05) is 49.9 Å². The van der Waals surface area contributed by atoms with Crippen molar-refractivity contribution in [1.82, 2.24) is 9.80 Å². The van der Waals surface area contributed by atoms with Crippen molar-refractivity contribution in [2.45, 2.75) is 64.6 Å². The van der Waals surface area contributed by atoms with E-state index >= 15 is 0 Å². The molecule has 1 aromatic carbocycles. The number of amides is 2. The summed E-state index contributed by atoms with van der Waals surface area (Å²) in [4.78, 5) is 29.3. The maximum Gasteiger partial charge on any atom is 0.410 e. The summed E-state index contributed by atoms with van der Waals surface area (Å²) in [6.45, 7) is 7.27. The average Bonchev–Trinajstić information content (AvgIpc) is 3.44. The summed E-state index contributed by atoms with van der Waals surface area (Å²) in [5.41, 5.74) is 0.558. The predicted octanol–water partition coefficient (Wildman–Crippen LogP) is 4.48. The van der Waals surface area contributed by atoms with E-state index < -0.39 is 5.60 Å². The van der Waals surface area contributed by atoms with Crippen LogP contribution < -0.4 is 0 Å². The first-order chi connectivity index (χ1) is 12.7. The molecule has 148 valence electrons. The average molecular weight is 393 g/mol. The summed E-state index contributed by atoms with van der Waals surface area (Å²) in [6, 6.07) is 7.98. The molecule has 1 aromatic rings. The Hall–Kier alpha value is -1.75. The number of piperidine rings is 1. The number of hydrogen-bond donors (Lipinski definition) is 0. The molecule has 3 rings (SSSR count). The van der Waals surface area contributed by atoms with Crippen molar-refractivity contribution in [3.05, 3.63) is 34.9 Å². The van der Waals surface area contributed by atoms with Crippen LogP contribution in [0.2, 0.25) is 5.02 Å². The fraction of sp³-hybridized carbons (Fsp3) is 0.619. The van der Waals surface area contributed by atoms with Gasteiger partial charge >= 0.3 is 6.09 Å². The van der Waals surface area contributed by atoms with E-state index in [4.69, 9.17) is 16.3 Å². The van der Waals surface area contributed by atoms with Gasteiger partial charge in [-0.05, 0) is 64.2 Å². The van der Waals surface area contributed by atoms with Gasteiger partial charge in [0.2, 0.25) is 5.91 Å². The lowest BCUT2D eigenvalue weighted by atomic mass is 9.96. The maximum absolute atomic E-state index is 13.2. The number of carbonyl (C=O) groups excluding carboxylic acids is 2. The molecule has 5 nitrogen and oxygen atoms in total. The summed E-state index contributed by atoms with van der Waals surface area (Å²) in [6.07, 6.45) is 3.44. The Bertz CT molecular complexity index is 680. The van der Waals surface area contributed by atoms with E-state index in [1.165, 1.54) is 0 Å². The van der Waals surface area contributed by atoms with Gasteiger partial charge < -0.3 is 14.5 Å². The zero-order valence-corrected chi connectivity index (χ0v) is 17.2. The van der Waals surface area contributed by atoms with Crippen molar-refractivity contribution in [2.24, 2.45) is 5.92 Å². The van der Waals surface area contributed by atoms with Gasteiger partial charge in [-0.15, -0.1) is 0 Å². The van der Waals surface area contributed by atoms with E-state index in [-0.39, 0.29) is 17.9 Å². The lowest BCUT2D eigenvalue weighted by molar-refractivity contribution is -0.138. The topological polar surface area (TPSA) is 49.9 Å². The zero-order chi connectivity index (χ0) is 19.6. The van der Waals surface area contributed by atoms with Gasteiger partial charge in [0.1, 0.15) is 5.60 Å². The molecule has 1 heterocycles. The number of likely N-dealkylation sites (tertiary alicyclic amines) is 1. The second-order valence-electron chi connectivity index (χ2n) is 8.59. The summed E-state index contributed by atoms with van der Waals surface area (Å²) in [5.74, 6) is -0.000114. The Morgan fingerprint density at radius 3 is 2.44 bits per heavy atom. The van der Waals surface area contributed by atoms with Crippen molar-refractivity contribution in [3.63, 3.8) is 0 Å². The molecule has 0 bridgehead atoms. The molecule has 1 aliphatic heterocycles. The van der Waals surface area contributed by atoms with Crippen molar-refractivity contribution >= 4 is 23.6 Å². The Labute approximate surface area is 166 Å². The minimum Gasteiger partial charge on any atom is -0.444 e. The molecule has 0 radical (unpaired) electrons. The molecule has 2 amide bonds. The molecule has 2 aliphatic rings. The SMILES string of the molecule is CC(C)(C)OC(=O)N1CCCC(C(=O)N(Cc2ccc(Cl)cc2)C2CC2)C1. The van der Waals surface area contributed by atoms with Gasteiger partial charge in [0.15, 0.2) is 0 Å². The number of rotatable bonds is 4. The van der Waals surface area contributed by atoms with Gasteiger partial charge in [-0.1, -0.05) is 23.7 Å². The first-order valence-corrected chi connectivity index (χ1v) is 10.1. The first kappa shape index (κ1) is 20.0. The minimum absolute atomic E-state index is 0.153. The number of benzene rings is 1. The Morgan fingerprint density at radius 2 is 1.85 bits per heavy atom. The maximum atomic E-state index is 13.2. The lowest BCUT2D eigenvalue weighted by Gasteiger charge is -2.36. The molecule has 1 unspecified atom stereocenters. The van der Waals surface area contributed by atoms with Crippen molar-refractivity contribution in [1.29, 1.82) is 0 Å². The molecule has 1 aliphatic carbocycles. The summed E-state index contributed by atoms with van der Waals surface area (Å²) in [5, 5.41) is 0.698. The van der Waals surface area contributed by atoms with Gasteiger partial charge in [-0.3, -0.25) is 4.79 Å². The third kappa shape index (κ3) is 5.61. The van der Waals surface area contributed by atoms with Gasteiger partial charge in [0.05, 0.1) is 5.92 Å². The molecule has 1 saturated heterocycles. The molecule has 0 N–H and O–H groups in total. The largest absolute Gasteiger partial charge is 0.444 e. The second-order valence-corrected chi connectivity index (χ2v) is 9.03. The first-order valence-electron chi connectivity index (χ1n) is 9.76. The third-order valence-corrected chi connectivity index (χ3v) is 5.21. The van der Waals surface area contributed by atoms with E-state index in [0.29, 0.717) is 30.7 Å². The molecule has 0 aromatic heterocycles. The van der Waals surface area contributed by atoms with Crippen LogP contribution in [0.4, 0.5) is 4.79 Å². The van der Waals surface area contributed by atoms with E-state index in [9.17, 15) is 9.59 Å². The molecule has 1 atom stereocenters. The van der Waals surface area contributed by atoms with Gasteiger partial charge in [0, 0.05) is 30.7 Å². The van der Waals surface area contributed by atoms with Crippen LogP contribution in [0, 0.1) is 5.92 Å². The monoisotopic (exact) mass is 392 g/mol. The number of nitrogens with zero attached hydrogens (tertiary/aromatic N) is 2. The third-order valence-electron chi connectivity index (χ3n) is 4.96. The highest BCUT2D eigenvalue weighted by molar-refractivity contribution is 6.30. The summed E-state index contributed by atoms with van der Waals surface area (Å²) >= 11 is 5.97. The molecule has 2 fully saturated rings. The smallest absolute Gasteiger partial charge is 0.410 e. The van der Waals surface area contributed by atoms with Crippen LogP contribution in [-0.4, -0.2) is 46.5 Å². The van der Waals surface area contributed by atoms with Crippen LogP contribution in [0.15, 0.2) is 24.3 Å². The zero-order valence-electron chi connectivity index (χ0n) is 16.4. The molecular formula is C21H29ClN2O3. The lowest BCUT2D eigenvalue weighted by Crippen LogP contribution is -2.48. The standard InChI is InChI=1S/C21H29ClN2O3/c1-21(2,3)27-20(26)23-12-4-5-16(14-23)19(25)24(18-10-11-18)13-15-6-8-17(22)9-7-15/h6-9,16,18H,4-5,10-14H2,1-3H3. The number of ether oxygens (including phenoxy) is 1. The fourth-order valence-corrected chi connectivity index (χ4v) is 3.59. The van der Waals surface area contributed by atoms with Crippen molar-refractivity contribution in [3.8, 4) is 0 Å². The number of halogens is 1. The van der Waals surface area contributed by atoms with E-state index in [2.05, 4.69) is 0 Å². The van der Waals surface area contributed by atoms with Gasteiger partial charge in [0.25, 0.3) is 0 Å². The van der Waals surface area contributed by atoms with Crippen LogP contribution in [0.25, 0.3) is 0 Å². The van der Waals surface area contributed by atoms with Crippen LogP contribution >= 0.6 is 11.6 Å². The van der Waals surface area contributed by atoms with Gasteiger partial charge in [-0.2, -0.15) is 0 Å². The quantitative estimate of drug-likeness (QED) is 0.759. The summed E-state index contributed by atoms with van der Waals surface area (Å²) in [7, 11) is 0. The number of hydrogen-bond acceptors (Lipinski definition) is 3.